The topological polar surface area (TPSA) is 68.1 Å². The van der Waals surface area contributed by atoms with Crippen molar-refractivity contribution in [1.82, 2.24) is 19.7 Å². The summed E-state index contributed by atoms with van der Waals surface area (Å²) in [5.41, 5.74) is 4.77. The van der Waals surface area contributed by atoms with Gasteiger partial charge in [-0.2, -0.15) is 5.10 Å². The number of amides is 2. The SMILES string of the molecule is O=C1c2ccccc2C(=O)N1Cc1nn(-c2ccc(F)cc2)c2c1cc(-c1ccccc1)c1cnccc12. The fourth-order valence-electron chi connectivity index (χ4n) is 5.20. The van der Waals surface area contributed by atoms with Gasteiger partial charge in [0, 0.05) is 28.6 Å². The second-order valence-electron chi connectivity index (χ2n) is 9.18. The number of hydrogen-bond acceptors (Lipinski definition) is 4. The summed E-state index contributed by atoms with van der Waals surface area (Å²) in [5.74, 6) is -1.04. The Morgan fingerprint density at radius 2 is 1.39 bits per heavy atom. The number of imide groups is 1. The summed E-state index contributed by atoms with van der Waals surface area (Å²) >= 11 is 0. The zero-order valence-corrected chi connectivity index (χ0v) is 20.0. The van der Waals surface area contributed by atoms with Gasteiger partial charge in [0.05, 0.1) is 34.6 Å². The highest BCUT2D eigenvalue weighted by Crippen LogP contribution is 2.38. The summed E-state index contributed by atoms with van der Waals surface area (Å²) < 4.78 is 15.5. The average molecular weight is 499 g/mol. The molecule has 2 amide bonds. The average Bonchev–Trinajstić information content (AvgIpc) is 3.44. The van der Waals surface area contributed by atoms with Gasteiger partial charge in [-0.05, 0) is 59.7 Å². The van der Waals surface area contributed by atoms with Crippen molar-refractivity contribution in [3.05, 3.63) is 126 Å². The third-order valence-electron chi connectivity index (χ3n) is 7.00. The van der Waals surface area contributed by atoms with Crippen molar-refractivity contribution >= 4 is 33.5 Å². The predicted octanol–water partition coefficient (Wildman–Crippen LogP) is 6.18. The smallest absolute Gasteiger partial charge is 0.261 e. The zero-order chi connectivity index (χ0) is 25.8. The highest BCUT2D eigenvalue weighted by molar-refractivity contribution is 6.21. The maximum Gasteiger partial charge on any atom is 0.261 e. The monoisotopic (exact) mass is 498 g/mol. The lowest BCUT2D eigenvalue weighted by Crippen LogP contribution is -2.29. The van der Waals surface area contributed by atoms with E-state index < -0.39 is 0 Å². The van der Waals surface area contributed by atoms with Gasteiger partial charge in [-0.1, -0.05) is 42.5 Å². The molecule has 0 saturated carbocycles. The minimum atomic E-state index is -0.350. The highest BCUT2D eigenvalue weighted by Gasteiger charge is 2.36. The second-order valence-corrected chi connectivity index (χ2v) is 9.18. The first-order chi connectivity index (χ1) is 18.6. The molecule has 2 aromatic heterocycles. The third-order valence-corrected chi connectivity index (χ3v) is 7.00. The van der Waals surface area contributed by atoms with E-state index in [-0.39, 0.29) is 24.2 Å². The van der Waals surface area contributed by atoms with Crippen LogP contribution >= 0.6 is 0 Å². The number of hydrogen-bond donors (Lipinski definition) is 0. The molecule has 1 aliphatic heterocycles. The molecule has 7 heteroatoms. The van der Waals surface area contributed by atoms with E-state index in [2.05, 4.69) is 4.98 Å². The number of carbonyl (C=O) groups excluding carboxylic acids is 2. The first kappa shape index (κ1) is 22.1. The van der Waals surface area contributed by atoms with E-state index in [1.54, 1.807) is 47.3 Å². The molecule has 0 spiro atoms. The van der Waals surface area contributed by atoms with Crippen molar-refractivity contribution in [3.8, 4) is 16.8 Å². The van der Waals surface area contributed by atoms with Crippen LogP contribution in [-0.2, 0) is 6.54 Å². The highest BCUT2D eigenvalue weighted by atomic mass is 19.1. The van der Waals surface area contributed by atoms with E-state index in [1.165, 1.54) is 17.0 Å². The van der Waals surface area contributed by atoms with E-state index in [0.717, 1.165) is 32.8 Å². The normalized spacial score (nSPS) is 13.0. The van der Waals surface area contributed by atoms with Crippen LogP contribution in [0.1, 0.15) is 26.4 Å². The van der Waals surface area contributed by atoms with Crippen LogP contribution in [-0.4, -0.2) is 31.5 Å². The Labute approximate surface area is 216 Å². The van der Waals surface area contributed by atoms with Crippen LogP contribution in [0.15, 0.2) is 103 Å². The molecule has 0 unspecified atom stereocenters. The van der Waals surface area contributed by atoms with Gasteiger partial charge in [-0.15, -0.1) is 0 Å². The molecule has 4 aromatic carbocycles. The Bertz CT molecular complexity index is 1860. The summed E-state index contributed by atoms with van der Waals surface area (Å²) in [5, 5.41) is 7.53. The standard InChI is InChI=1S/C31H19FN4O2/c32-20-10-12-21(13-11-20)36-29-22-14-15-33-17-27(22)25(19-6-2-1-3-7-19)16-26(29)28(34-36)18-35-30(37)23-8-4-5-9-24(23)31(35)38/h1-17H,18H2. The second kappa shape index (κ2) is 8.45. The van der Waals surface area contributed by atoms with Gasteiger partial charge >= 0.3 is 0 Å². The Balaban J connectivity index is 1.49. The lowest BCUT2D eigenvalue weighted by Gasteiger charge is -2.13. The molecule has 3 heterocycles. The van der Waals surface area contributed by atoms with Gasteiger partial charge in [-0.25, -0.2) is 9.07 Å². The molecule has 0 saturated heterocycles. The van der Waals surface area contributed by atoms with Crippen LogP contribution in [0.2, 0.25) is 0 Å². The summed E-state index contributed by atoms with van der Waals surface area (Å²) in [6.07, 6.45) is 3.55. The molecule has 7 rings (SSSR count). The predicted molar refractivity (Wildman–Crippen MR) is 142 cm³/mol. The summed E-state index contributed by atoms with van der Waals surface area (Å²) in [6, 6.07) is 26.8. The van der Waals surface area contributed by atoms with Gasteiger partial charge < -0.3 is 0 Å². The number of halogens is 1. The Morgan fingerprint density at radius 3 is 2.11 bits per heavy atom. The first-order valence-corrected chi connectivity index (χ1v) is 12.1. The van der Waals surface area contributed by atoms with Crippen molar-refractivity contribution in [3.63, 3.8) is 0 Å². The number of fused-ring (bicyclic) bond motifs is 4. The quantitative estimate of drug-likeness (QED) is 0.272. The molecule has 0 fully saturated rings. The molecule has 0 N–H and O–H groups in total. The van der Waals surface area contributed by atoms with Crippen molar-refractivity contribution in [2.75, 3.05) is 0 Å². The van der Waals surface area contributed by atoms with Crippen LogP contribution in [0.3, 0.4) is 0 Å². The summed E-state index contributed by atoms with van der Waals surface area (Å²) in [7, 11) is 0. The molecule has 1 aliphatic rings. The first-order valence-electron chi connectivity index (χ1n) is 12.1. The molecule has 6 nitrogen and oxygen atoms in total. The van der Waals surface area contributed by atoms with Crippen LogP contribution in [0.25, 0.3) is 38.5 Å². The van der Waals surface area contributed by atoms with E-state index in [1.807, 2.05) is 48.7 Å². The third kappa shape index (κ3) is 3.33. The Hall–Kier alpha value is -5.17. The van der Waals surface area contributed by atoms with Gasteiger partial charge in [0.15, 0.2) is 0 Å². The van der Waals surface area contributed by atoms with Gasteiger partial charge in [0.1, 0.15) is 5.82 Å². The number of nitrogens with zero attached hydrogens (tertiary/aromatic N) is 4. The van der Waals surface area contributed by atoms with Gasteiger partial charge in [-0.3, -0.25) is 19.5 Å². The van der Waals surface area contributed by atoms with Crippen LogP contribution in [0.5, 0.6) is 0 Å². The van der Waals surface area contributed by atoms with Crippen molar-refractivity contribution in [1.29, 1.82) is 0 Å². The van der Waals surface area contributed by atoms with Crippen molar-refractivity contribution in [2.45, 2.75) is 6.54 Å². The van der Waals surface area contributed by atoms with E-state index in [9.17, 15) is 14.0 Å². The largest absolute Gasteiger partial charge is 0.269 e. The number of carbonyl (C=O) groups is 2. The lowest BCUT2D eigenvalue weighted by atomic mass is 9.96. The maximum atomic E-state index is 13.8. The van der Waals surface area contributed by atoms with Crippen molar-refractivity contribution in [2.24, 2.45) is 0 Å². The molecular weight excluding hydrogens is 479 g/mol. The van der Waals surface area contributed by atoms with Gasteiger partial charge in [0.2, 0.25) is 0 Å². The fraction of sp³-hybridized carbons (Fsp3) is 0.0323. The number of benzene rings is 4. The Morgan fingerprint density at radius 1 is 0.711 bits per heavy atom. The zero-order valence-electron chi connectivity index (χ0n) is 20.0. The molecular formula is C31H19FN4O2. The minimum Gasteiger partial charge on any atom is -0.269 e. The maximum absolute atomic E-state index is 13.8. The molecule has 182 valence electrons. The molecule has 0 bridgehead atoms. The number of aromatic nitrogens is 3. The molecule has 38 heavy (non-hydrogen) atoms. The van der Waals surface area contributed by atoms with E-state index in [0.29, 0.717) is 22.5 Å². The Kier molecular flexibility index (Phi) is 4.91. The van der Waals surface area contributed by atoms with Crippen LogP contribution < -0.4 is 0 Å². The minimum absolute atomic E-state index is 0.00185. The molecule has 0 radical (unpaired) electrons. The van der Waals surface area contributed by atoms with E-state index >= 15 is 0 Å². The molecule has 0 atom stereocenters. The summed E-state index contributed by atoms with van der Waals surface area (Å²) in [4.78, 5) is 32.0. The summed E-state index contributed by atoms with van der Waals surface area (Å²) in [6.45, 7) is 0.00185. The van der Waals surface area contributed by atoms with Gasteiger partial charge in [0.25, 0.3) is 11.8 Å². The fourth-order valence-corrected chi connectivity index (χ4v) is 5.20. The molecule has 6 aromatic rings. The van der Waals surface area contributed by atoms with Crippen LogP contribution in [0.4, 0.5) is 4.39 Å². The number of pyridine rings is 1. The molecule has 0 aliphatic carbocycles. The van der Waals surface area contributed by atoms with Crippen LogP contribution in [0, 0.1) is 5.82 Å². The van der Waals surface area contributed by atoms with E-state index in [4.69, 9.17) is 5.10 Å². The number of rotatable bonds is 4. The van der Waals surface area contributed by atoms with Crippen molar-refractivity contribution < 1.29 is 14.0 Å². The lowest BCUT2D eigenvalue weighted by molar-refractivity contribution is 0.0641.